The Kier molecular flexibility index (Phi) is 62.8. The van der Waals surface area contributed by atoms with Crippen molar-refractivity contribution in [3.8, 4) is 0 Å². The van der Waals surface area contributed by atoms with Gasteiger partial charge in [-0.2, -0.15) is 0 Å². The molecule has 7 heavy (non-hydrogen) atoms. The minimum absolute atomic E-state index is 0. The second-order valence-corrected chi connectivity index (χ2v) is 1.50. The summed E-state index contributed by atoms with van der Waals surface area (Å²) in [4.78, 5) is 1.42. The maximum absolute atomic E-state index is 2.08. The van der Waals surface area contributed by atoms with Gasteiger partial charge in [-0.05, 0) is 0 Å². The molecule has 0 unspecified atom stereocenters. The lowest BCUT2D eigenvalue weighted by atomic mass is 11.0. The molecular weight excluding hydrogens is 110 g/mol. The predicted octanol–water partition coefficient (Wildman–Crippen LogP) is -0.457. The number of quaternary nitrogens is 2. The van der Waals surface area contributed by atoms with Gasteiger partial charge < -0.3 is 30.7 Å². The molecule has 0 amide bonds. The zero-order valence-corrected chi connectivity index (χ0v) is 6.43. The van der Waals surface area contributed by atoms with Crippen LogP contribution in [0.25, 0.3) is 0 Å². The molecule has 0 aromatic heterocycles. The number of hydrogen-bond donors (Lipinski definition) is 3. The topological polar surface area (TPSA) is 75.9 Å². The Labute approximate surface area is 54.2 Å². The highest BCUT2D eigenvalue weighted by Crippen LogP contribution is 0.864. The molecule has 0 aromatic carbocycles. The van der Waals surface area contributed by atoms with E-state index in [-0.39, 0.29) is 27.2 Å². The van der Waals surface area contributed by atoms with E-state index in [1.807, 2.05) is 0 Å². The van der Waals surface area contributed by atoms with Gasteiger partial charge in [0.1, 0.15) is 0 Å². The number of nitrogens with one attached hydrogen (secondary N) is 1. The Morgan fingerprint density at radius 3 is 1.14 bits per heavy atom. The van der Waals surface area contributed by atoms with E-state index in [9.17, 15) is 0 Å². The van der Waals surface area contributed by atoms with Crippen molar-refractivity contribution in [3.63, 3.8) is 0 Å². The summed E-state index contributed by atoms with van der Waals surface area (Å²) in [6.07, 6.45) is 0. The van der Waals surface area contributed by atoms with E-state index in [2.05, 4.69) is 21.1 Å². The zero-order valence-electron chi connectivity index (χ0n) is 5.62. The zero-order chi connectivity index (χ0) is 3.58. The van der Waals surface area contributed by atoms with Crippen molar-refractivity contribution in [1.29, 1.82) is 0 Å². The molecule has 0 aliphatic heterocycles. The Hall–Kier alpha value is 0.230. The van der Waals surface area contributed by atoms with Gasteiger partial charge in [0.15, 0.2) is 0 Å². The Bertz CT molecular complexity index is 19.2. The van der Waals surface area contributed by atoms with Crippen molar-refractivity contribution in [2.24, 2.45) is 0 Å². The maximum atomic E-state index is 2.08. The number of rotatable bonds is 0. The minimum atomic E-state index is 0. The summed E-state index contributed by atoms with van der Waals surface area (Å²) in [6.45, 7) is 0. The average molecular weight is 129 g/mol. The molecule has 0 radical (unpaired) electrons. The number of hydrogen-bond acceptors (Lipinski definition) is 1. The van der Waals surface area contributed by atoms with E-state index in [1.165, 1.54) is 4.90 Å². The monoisotopic (exact) mass is 129 g/mol. The quantitative estimate of drug-likeness (QED) is 0.407. The van der Waals surface area contributed by atoms with E-state index in [4.69, 9.17) is 0 Å². The molecule has 0 aromatic rings. The summed E-state index contributed by atoms with van der Waals surface area (Å²) < 4.78 is 0. The molecule has 0 spiro atoms. The van der Waals surface area contributed by atoms with Crippen LogP contribution in [0.5, 0.6) is 0 Å². The summed E-state index contributed by atoms with van der Waals surface area (Å²) >= 11 is 0. The molecule has 0 saturated heterocycles. The van der Waals surface area contributed by atoms with Crippen LogP contribution >= 0.6 is 0 Å². The van der Waals surface area contributed by atoms with E-state index in [1.54, 1.807) is 0 Å². The highest BCUT2D eigenvalue weighted by Gasteiger charge is 1.61. The standard InChI is InChI=1S/C3H9N.2H3N.S.H2/c1-4(2)3;;;;/h1-3H3;2*1H3;;1H/q;;;-2;/p+2. The van der Waals surface area contributed by atoms with Crippen molar-refractivity contribution >= 4 is 13.5 Å². The van der Waals surface area contributed by atoms with E-state index in [0.717, 1.165) is 0 Å². The van der Waals surface area contributed by atoms with Crippen LogP contribution in [0.2, 0.25) is 0 Å². The Morgan fingerprint density at radius 2 is 1.14 bits per heavy atom. The fourth-order valence-electron chi connectivity index (χ4n) is 0. The lowest BCUT2D eigenvalue weighted by molar-refractivity contribution is -0.836. The fourth-order valence-corrected chi connectivity index (χ4v) is 0. The summed E-state index contributed by atoms with van der Waals surface area (Å²) in [6, 6.07) is 0. The smallest absolute Gasteiger partial charge is 0.0661 e. The molecule has 0 aliphatic carbocycles. The second-order valence-electron chi connectivity index (χ2n) is 1.50. The molecular formula is C3H19N3S. The van der Waals surface area contributed by atoms with Crippen LogP contribution in [0.1, 0.15) is 1.43 Å². The fraction of sp³-hybridized carbons (Fsp3) is 1.00. The molecule has 0 bridgehead atoms. The molecule has 0 rings (SSSR count). The largest absolute Gasteiger partial charge is 2.00 e. The first-order valence-corrected chi connectivity index (χ1v) is 1.50. The SMILES string of the molecule is C[NH+](C)C.N.[HH].[NH4+].[S-2]. The van der Waals surface area contributed by atoms with Crippen molar-refractivity contribution < 1.29 is 6.33 Å². The molecule has 4 heteroatoms. The van der Waals surface area contributed by atoms with Gasteiger partial charge in [0.2, 0.25) is 0 Å². The van der Waals surface area contributed by atoms with E-state index >= 15 is 0 Å². The predicted molar refractivity (Wildman–Crippen MR) is 39.2 cm³/mol. The molecule has 52 valence electrons. The highest BCUT2D eigenvalue weighted by molar-refractivity contribution is 7.37. The first-order valence-electron chi connectivity index (χ1n) is 1.50. The van der Waals surface area contributed by atoms with Crippen LogP contribution in [0.15, 0.2) is 0 Å². The molecule has 0 atom stereocenters. The third-order valence-corrected chi connectivity index (χ3v) is 0. The summed E-state index contributed by atoms with van der Waals surface area (Å²) in [5.74, 6) is 0. The van der Waals surface area contributed by atoms with Crippen molar-refractivity contribution in [2.75, 3.05) is 21.1 Å². The van der Waals surface area contributed by atoms with Crippen LogP contribution in [0, 0.1) is 0 Å². The van der Waals surface area contributed by atoms with Crippen LogP contribution < -0.4 is 17.2 Å². The lowest BCUT2D eigenvalue weighted by Gasteiger charge is -2.00. The average Bonchev–Trinajstić information content (AvgIpc) is 0.811. The van der Waals surface area contributed by atoms with E-state index < -0.39 is 0 Å². The first kappa shape index (κ1) is 26.9. The molecule has 8 N–H and O–H groups in total. The van der Waals surface area contributed by atoms with Crippen molar-refractivity contribution in [3.05, 3.63) is 0 Å². The van der Waals surface area contributed by atoms with Crippen LogP contribution in [0.3, 0.4) is 0 Å². The summed E-state index contributed by atoms with van der Waals surface area (Å²) in [7, 11) is 6.25. The van der Waals surface area contributed by atoms with Crippen LogP contribution in [-0.2, 0) is 13.5 Å². The molecule has 0 fully saturated rings. The highest BCUT2D eigenvalue weighted by atomic mass is 32.1. The van der Waals surface area contributed by atoms with Crippen molar-refractivity contribution in [1.82, 2.24) is 12.3 Å². The lowest BCUT2D eigenvalue weighted by Crippen LogP contribution is -3.02. The van der Waals surface area contributed by atoms with Gasteiger partial charge in [-0.3, -0.25) is 0 Å². The first-order chi connectivity index (χ1) is 1.73. The van der Waals surface area contributed by atoms with E-state index in [0.29, 0.717) is 0 Å². The van der Waals surface area contributed by atoms with Crippen LogP contribution in [0.4, 0.5) is 0 Å². The molecule has 3 nitrogen and oxygen atoms in total. The van der Waals surface area contributed by atoms with Gasteiger partial charge in [0.05, 0.1) is 21.1 Å². The van der Waals surface area contributed by atoms with Gasteiger partial charge in [-0.15, -0.1) is 0 Å². The third-order valence-electron chi connectivity index (χ3n) is 0. The van der Waals surface area contributed by atoms with Gasteiger partial charge in [-0.1, -0.05) is 0 Å². The van der Waals surface area contributed by atoms with Crippen molar-refractivity contribution in [2.45, 2.75) is 0 Å². The molecule has 0 aliphatic rings. The summed E-state index contributed by atoms with van der Waals surface area (Å²) in [5, 5.41) is 0. The second kappa shape index (κ2) is 16.3. The van der Waals surface area contributed by atoms with Crippen LogP contribution in [-0.4, -0.2) is 21.1 Å². The normalized spacial score (nSPS) is 5.14. The maximum Gasteiger partial charge on any atom is 0.0661 e. The molecule has 0 saturated carbocycles. The van der Waals surface area contributed by atoms with Gasteiger partial charge in [0, 0.05) is 1.43 Å². The van der Waals surface area contributed by atoms with Gasteiger partial charge in [0.25, 0.3) is 0 Å². The minimum Gasteiger partial charge on any atom is -2.00 e. The Balaban J connectivity index is -0.00000000750. The van der Waals surface area contributed by atoms with Gasteiger partial charge in [-0.25, -0.2) is 0 Å². The Morgan fingerprint density at radius 1 is 1.14 bits per heavy atom. The summed E-state index contributed by atoms with van der Waals surface area (Å²) in [5.41, 5.74) is 0. The third kappa shape index (κ3) is 2110. The molecule has 0 heterocycles. The van der Waals surface area contributed by atoms with Gasteiger partial charge >= 0.3 is 0 Å².